The largest absolute Gasteiger partial charge is 0.508 e. The smallest absolute Gasteiger partial charge is 0.258 e. The van der Waals surface area contributed by atoms with Crippen molar-refractivity contribution in [3.63, 3.8) is 0 Å². The molecule has 1 saturated carbocycles. The molecule has 4 aliphatic rings. The van der Waals surface area contributed by atoms with Crippen molar-refractivity contribution in [2.75, 3.05) is 9.80 Å². The van der Waals surface area contributed by atoms with E-state index in [1.54, 1.807) is 72.8 Å². The molecule has 1 N–H and O–H groups in total. The number of ketones is 1. The molecule has 268 valence electrons. The average Bonchev–Trinajstić information content (AvgIpc) is 3.53. The zero-order chi connectivity index (χ0) is 37.7. The van der Waals surface area contributed by atoms with Crippen LogP contribution >= 0.6 is 23.2 Å². The first-order valence-electron chi connectivity index (χ1n) is 17.5. The Hall–Kier alpha value is -5.64. The van der Waals surface area contributed by atoms with Crippen LogP contribution in [0.4, 0.5) is 15.8 Å². The lowest BCUT2D eigenvalue weighted by molar-refractivity contribution is -0.125. The Labute approximate surface area is 318 Å². The van der Waals surface area contributed by atoms with Gasteiger partial charge in [0.2, 0.25) is 11.8 Å². The van der Waals surface area contributed by atoms with Gasteiger partial charge in [0.05, 0.1) is 23.2 Å². The number of nitrogens with zero attached hydrogens (tertiary/aromatic N) is 2. The first-order chi connectivity index (χ1) is 26.0. The van der Waals surface area contributed by atoms with Crippen LogP contribution in [0.2, 0.25) is 0 Å². The van der Waals surface area contributed by atoms with Crippen LogP contribution < -0.4 is 9.80 Å². The van der Waals surface area contributed by atoms with Crippen molar-refractivity contribution < 1.29 is 33.5 Å². The van der Waals surface area contributed by atoms with E-state index in [9.17, 15) is 33.5 Å². The Kier molecular flexibility index (Phi) is 7.71. The molecule has 5 aromatic carbocycles. The average molecular weight is 760 g/mol. The van der Waals surface area contributed by atoms with Crippen LogP contribution in [-0.2, 0) is 19.2 Å². The molecule has 2 aliphatic carbocycles. The van der Waals surface area contributed by atoms with Crippen LogP contribution in [0.5, 0.6) is 5.75 Å². The number of allylic oxidation sites excluding steroid dienone is 2. The molecule has 3 fully saturated rings. The van der Waals surface area contributed by atoms with Gasteiger partial charge in [0.15, 0.2) is 15.5 Å². The normalized spacial score (nSPS) is 27.5. The van der Waals surface area contributed by atoms with Gasteiger partial charge in [0, 0.05) is 22.6 Å². The number of amides is 4. The Bertz CT molecular complexity index is 2490. The summed E-state index contributed by atoms with van der Waals surface area (Å²) in [4.78, 5) is 68.8. The van der Waals surface area contributed by atoms with Crippen molar-refractivity contribution in [1.29, 1.82) is 0 Å². The Morgan fingerprint density at radius 1 is 0.704 bits per heavy atom. The molecule has 0 spiro atoms. The molecule has 4 amide bonds. The van der Waals surface area contributed by atoms with E-state index >= 15 is 0 Å². The number of fused-ring (bicyclic) bond motifs is 5. The summed E-state index contributed by atoms with van der Waals surface area (Å²) in [5.41, 5.74) is 2.00. The molecule has 11 heteroatoms. The van der Waals surface area contributed by atoms with E-state index in [4.69, 9.17) is 23.2 Å². The predicted molar refractivity (Wildman–Crippen MR) is 201 cm³/mol. The van der Waals surface area contributed by atoms with Crippen molar-refractivity contribution in [3.05, 3.63) is 149 Å². The second kappa shape index (κ2) is 12.2. The van der Waals surface area contributed by atoms with Gasteiger partial charge in [-0.25, -0.2) is 9.29 Å². The number of phenolic OH excluding ortho intramolecular Hbond substituents is 1. The summed E-state index contributed by atoms with van der Waals surface area (Å²) in [6, 6.07) is 30.2. The van der Waals surface area contributed by atoms with Crippen molar-refractivity contribution in [1.82, 2.24) is 0 Å². The van der Waals surface area contributed by atoms with E-state index in [2.05, 4.69) is 0 Å². The van der Waals surface area contributed by atoms with Crippen LogP contribution in [0.15, 0.2) is 127 Å². The number of imide groups is 2. The van der Waals surface area contributed by atoms with Gasteiger partial charge in [-0.3, -0.25) is 28.9 Å². The molecule has 5 aromatic rings. The number of carbonyl (C=O) groups is 5. The minimum Gasteiger partial charge on any atom is -0.508 e. The first-order valence-corrected chi connectivity index (χ1v) is 18.2. The topological polar surface area (TPSA) is 112 Å². The molecule has 0 bridgehead atoms. The number of hydrogen-bond donors (Lipinski definition) is 1. The molecule has 2 aliphatic heterocycles. The molecule has 0 unspecified atom stereocenters. The van der Waals surface area contributed by atoms with Gasteiger partial charge in [-0.1, -0.05) is 72.3 Å². The molecule has 2 saturated heterocycles. The van der Waals surface area contributed by atoms with Gasteiger partial charge in [-0.05, 0) is 84.1 Å². The number of alkyl halides is 2. The van der Waals surface area contributed by atoms with Crippen LogP contribution in [0.1, 0.15) is 40.2 Å². The molecule has 6 atom stereocenters. The van der Waals surface area contributed by atoms with Crippen LogP contribution in [0, 0.1) is 23.6 Å². The Balaban J connectivity index is 1.17. The minimum atomic E-state index is -2.21. The highest BCUT2D eigenvalue weighted by molar-refractivity contribution is 6.58. The maximum Gasteiger partial charge on any atom is 0.258 e. The third kappa shape index (κ3) is 4.64. The third-order valence-electron chi connectivity index (χ3n) is 11.6. The van der Waals surface area contributed by atoms with E-state index < -0.39 is 62.9 Å². The Morgan fingerprint density at radius 3 is 2.06 bits per heavy atom. The lowest BCUT2D eigenvalue weighted by atomic mass is 9.56. The van der Waals surface area contributed by atoms with Gasteiger partial charge in [-0.15, -0.1) is 23.2 Å². The summed E-state index contributed by atoms with van der Waals surface area (Å²) >= 11 is 15.0. The summed E-state index contributed by atoms with van der Waals surface area (Å²) in [5.74, 6) is -7.51. The van der Waals surface area contributed by atoms with Crippen LogP contribution in [0.25, 0.3) is 10.8 Å². The SMILES string of the molecule is O=C(c1ccccc1)c1ccc(N2C(=O)[C@H]3[C@H](CC=C4[C@H]3C[C@@]3(Cl)C(=O)N(c5ccc(F)cc5)C(=O)[C@@]3(Cl)[C@H]4c3c(O)ccc4ccccc34)C2=O)cc1. The molecule has 2 heterocycles. The third-order valence-corrected chi connectivity index (χ3v) is 13.0. The van der Waals surface area contributed by atoms with Gasteiger partial charge in [0.1, 0.15) is 11.6 Å². The number of carbonyl (C=O) groups excluding carboxylic acids is 5. The quantitative estimate of drug-likeness (QED) is 0.0852. The molecule has 8 nitrogen and oxygen atoms in total. The fourth-order valence-electron chi connectivity index (χ4n) is 9.08. The van der Waals surface area contributed by atoms with E-state index in [-0.39, 0.29) is 41.3 Å². The van der Waals surface area contributed by atoms with Crippen molar-refractivity contribution in [2.45, 2.75) is 28.5 Å². The summed E-state index contributed by atoms with van der Waals surface area (Å²) in [6.45, 7) is 0. The highest BCUT2D eigenvalue weighted by atomic mass is 35.5. The highest BCUT2D eigenvalue weighted by Gasteiger charge is 2.77. The second-order valence-electron chi connectivity index (χ2n) is 14.2. The summed E-state index contributed by atoms with van der Waals surface area (Å²) in [7, 11) is 0. The standard InChI is InChI=1S/C43H29Cl2FN2O6/c44-42-22-32-30(19-20-31-34(32)39(52)47(38(31)51)27-15-10-25(11-16-27)37(50)24-7-2-1-3-8-24)36(35-29-9-5-4-6-23(29)12-21-33(35)49)43(42,45)41(54)48(40(42)53)28-17-13-26(46)14-18-28/h1-19,21,31-32,34,36,49H,20,22H2/t31-,32+,34-,36+,42+,43-/m0/s1. The van der Waals surface area contributed by atoms with Crippen molar-refractivity contribution in [3.8, 4) is 5.75 Å². The van der Waals surface area contributed by atoms with Gasteiger partial charge < -0.3 is 5.11 Å². The zero-order valence-electron chi connectivity index (χ0n) is 28.3. The van der Waals surface area contributed by atoms with E-state index in [1.165, 1.54) is 18.2 Å². The number of rotatable bonds is 5. The first kappa shape index (κ1) is 34.1. The highest BCUT2D eigenvalue weighted by Crippen LogP contribution is 2.67. The lowest BCUT2D eigenvalue weighted by Gasteiger charge is -2.51. The predicted octanol–water partition coefficient (Wildman–Crippen LogP) is 7.68. The fourth-order valence-corrected chi connectivity index (χ4v) is 9.99. The number of phenols is 1. The van der Waals surface area contributed by atoms with Crippen LogP contribution in [0.3, 0.4) is 0 Å². The monoisotopic (exact) mass is 758 g/mol. The molecule has 54 heavy (non-hydrogen) atoms. The maximum absolute atomic E-state index is 14.7. The summed E-state index contributed by atoms with van der Waals surface area (Å²) in [5, 5.41) is 12.9. The fraction of sp³-hybridized carbons (Fsp3) is 0.186. The van der Waals surface area contributed by atoms with Gasteiger partial charge in [0.25, 0.3) is 11.8 Å². The molecular weight excluding hydrogens is 730 g/mol. The summed E-state index contributed by atoms with van der Waals surface area (Å²) < 4.78 is 14.0. The minimum absolute atomic E-state index is 0.0593. The van der Waals surface area contributed by atoms with E-state index in [0.29, 0.717) is 22.1 Å². The number of benzene rings is 5. The maximum atomic E-state index is 14.7. The van der Waals surface area contributed by atoms with E-state index in [1.807, 2.05) is 18.2 Å². The number of halogens is 3. The summed E-state index contributed by atoms with van der Waals surface area (Å²) in [6.07, 6.45) is 1.65. The van der Waals surface area contributed by atoms with Gasteiger partial charge in [-0.2, -0.15) is 0 Å². The lowest BCUT2D eigenvalue weighted by Crippen LogP contribution is -2.60. The number of aromatic hydroxyl groups is 1. The Morgan fingerprint density at radius 2 is 1.33 bits per heavy atom. The second-order valence-corrected chi connectivity index (χ2v) is 15.5. The van der Waals surface area contributed by atoms with Crippen LogP contribution in [-0.4, -0.2) is 44.3 Å². The number of anilines is 2. The molecular formula is C43H29Cl2FN2O6. The zero-order valence-corrected chi connectivity index (χ0v) is 29.8. The van der Waals surface area contributed by atoms with E-state index in [0.717, 1.165) is 27.3 Å². The van der Waals surface area contributed by atoms with Gasteiger partial charge >= 0.3 is 0 Å². The molecule has 0 aromatic heterocycles. The molecule has 9 rings (SSSR count). The van der Waals surface area contributed by atoms with Crippen molar-refractivity contribution >= 4 is 74.8 Å². The number of hydrogen-bond acceptors (Lipinski definition) is 6. The van der Waals surface area contributed by atoms with Crippen molar-refractivity contribution in [2.24, 2.45) is 17.8 Å². The molecule has 0 radical (unpaired) electrons.